The molecule has 0 saturated carbocycles. The molecule has 29 heavy (non-hydrogen) atoms. The zero-order valence-corrected chi connectivity index (χ0v) is 16.8. The number of benzene rings is 1. The molecule has 0 amide bonds. The molecule has 0 bridgehead atoms. The molecule has 0 spiro atoms. The van der Waals surface area contributed by atoms with Crippen LogP contribution >= 0.6 is 0 Å². The highest BCUT2D eigenvalue weighted by Gasteiger charge is 2.29. The highest BCUT2D eigenvalue weighted by atomic mass is 16.5. The van der Waals surface area contributed by atoms with Gasteiger partial charge in [-0.15, -0.1) is 0 Å². The van der Waals surface area contributed by atoms with E-state index in [2.05, 4.69) is 15.2 Å². The number of aryl methyl sites for hydroxylation is 1. The third kappa shape index (κ3) is 3.48. The Morgan fingerprint density at radius 1 is 1.10 bits per heavy atom. The summed E-state index contributed by atoms with van der Waals surface area (Å²) in [6.45, 7) is 3.59. The van der Waals surface area contributed by atoms with Gasteiger partial charge in [0, 0.05) is 30.4 Å². The number of methoxy groups -OCH3 is 2. The summed E-state index contributed by atoms with van der Waals surface area (Å²) < 4.78 is 12.1. The number of likely N-dealkylation sites (tertiary alicyclic amines) is 1. The molecule has 2 aliphatic heterocycles. The van der Waals surface area contributed by atoms with Crippen molar-refractivity contribution in [2.75, 3.05) is 32.6 Å². The number of phenolic OH excluding ortho intramolecular Hbond substituents is 1. The molecule has 1 aromatic carbocycles. The van der Waals surface area contributed by atoms with Crippen molar-refractivity contribution in [2.24, 2.45) is 4.99 Å². The number of rotatable bonds is 3. The van der Waals surface area contributed by atoms with E-state index in [4.69, 9.17) is 14.5 Å². The molecule has 3 heterocycles. The molecule has 9 heteroatoms. The Morgan fingerprint density at radius 2 is 1.76 bits per heavy atom. The van der Waals surface area contributed by atoms with Gasteiger partial charge in [0.05, 0.1) is 14.2 Å². The van der Waals surface area contributed by atoms with Gasteiger partial charge >= 0.3 is 0 Å². The number of aromatic nitrogens is 2. The van der Waals surface area contributed by atoms with Crippen LogP contribution in [-0.2, 0) is 0 Å². The number of anilines is 1. The molecule has 1 unspecified atom stereocenters. The lowest BCUT2D eigenvalue weighted by Gasteiger charge is -2.34. The maximum absolute atomic E-state index is 12.8. The molecular formula is C20H25N5O4. The fraction of sp³-hybridized carbons (Fsp3) is 0.450. The summed E-state index contributed by atoms with van der Waals surface area (Å²) in [6.07, 6.45) is 2.74. The number of piperidine rings is 1. The van der Waals surface area contributed by atoms with E-state index in [0.717, 1.165) is 25.9 Å². The van der Waals surface area contributed by atoms with Gasteiger partial charge in [0.1, 0.15) is 0 Å². The summed E-state index contributed by atoms with van der Waals surface area (Å²) in [4.78, 5) is 24.4. The molecule has 0 aliphatic carbocycles. The minimum Gasteiger partial charge on any atom is -0.502 e. The van der Waals surface area contributed by atoms with Crippen LogP contribution < -0.4 is 20.3 Å². The average molecular weight is 399 g/mol. The lowest BCUT2D eigenvalue weighted by atomic mass is 10.1. The summed E-state index contributed by atoms with van der Waals surface area (Å²) >= 11 is 0. The van der Waals surface area contributed by atoms with Crippen molar-refractivity contribution in [3.05, 3.63) is 39.8 Å². The second kappa shape index (κ2) is 7.65. The second-order valence-corrected chi connectivity index (χ2v) is 7.20. The highest BCUT2D eigenvalue weighted by molar-refractivity contribution is 5.93. The number of hydrogen-bond donors (Lipinski definition) is 2. The Labute approximate surface area is 168 Å². The summed E-state index contributed by atoms with van der Waals surface area (Å²) in [7, 11) is 2.93. The number of aromatic hydroxyl groups is 1. The van der Waals surface area contributed by atoms with Gasteiger partial charge in [-0.3, -0.25) is 14.7 Å². The number of guanidine groups is 1. The minimum absolute atomic E-state index is 0.0949. The third-order valence-electron chi connectivity index (χ3n) is 5.25. The largest absolute Gasteiger partial charge is 0.502 e. The number of ether oxygens (including phenoxy) is 2. The van der Waals surface area contributed by atoms with E-state index in [-0.39, 0.29) is 22.8 Å². The molecule has 4 rings (SSSR count). The van der Waals surface area contributed by atoms with Crippen LogP contribution in [0.1, 0.15) is 36.7 Å². The Morgan fingerprint density at radius 3 is 2.38 bits per heavy atom. The van der Waals surface area contributed by atoms with E-state index in [0.29, 0.717) is 23.2 Å². The Balaban J connectivity index is 1.88. The van der Waals surface area contributed by atoms with Crippen LogP contribution in [-0.4, -0.2) is 52.8 Å². The molecule has 2 aromatic rings. The number of nitrogens with one attached hydrogen (secondary N) is 1. The predicted molar refractivity (Wildman–Crippen MR) is 109 cm³/mol. The van der Waals surface area contributed by atoms with Gasteiger partial charge in [-0.25, -0.2) is 9.98 Å². The zero-order valence-electron chi connectivity index (χ0n) is 16.8. The maximum Gasteiger partial charge on any atom is 0.257 e. The fourth-order valence-corrected chi connectivity index (χ4v) is 3.79. The molecule has 1 atom stereocenters. The standard InChI is InChI=1S/C20H25N5O4/c1-12-9-16(26)25-18(13-10-14(28-2)17(27)15(11-13)29-3)22-19(23-20(25)21-12)24-7-5-4-6-8-24/h9-11,18,27H,4-8H2,1-3H3,(H,21,22,23). The van der Waals surface area contributed by atoms with Gasteiger partial charge in [-0.1, -0.05) is 0 Å². The first kappa shape index (κ1) is 19.1. The molecular weight excluding hydrogens is 374 g/mol. The molecule has 0 radical (unpaired) electrons. The van der Waals surface area contributed by atoms with Gasteiger partial charge < -0.3 is 19.5 Å². The van der Waals surface area contributed by atoms with Crippen LogP contribution in [0.15, 0.2) is 28.0 Å². The Kier molecular flexibility index (Phi) is 5.04. The minimum atomic E-state index is -0.660. The molecule has 1 aromatic heterocycles. The van der Waals surface area contributed by atoms with E-state index in [1.54, 1.807) is 19.1 Å². The molecule has 1 saturated heterocycles. The fourth-order valence-electron chi connectivity index (χ4n) is 3.79. The van der Waals surface area contributed by atoms with E-state index in [1.165, 1.54) is 31.3 Å². The van der Waals surface area contributed by atoms with Gasteiger partial charge in [0.15, 0.2) is 17.7 Å². The highest BCUT2D eigenvalue weighted by Crippen LogP contribution is 2.40. The Hall–Kier alpha value is -3.23. The zero-order chi connectivity index (χ0) is 20.5. The van der Waals surface area contributed by atoms with Crippen LogP contribution in [0.4, 0.5) is 5.95 Å². The molecule has 2 N–H and O–H groups in total. The first-order valence-corrected chi connectivity index (χ1v) is 9.66. The lowest BCUT2D eigenvalue weighted by Crippen LogP contribution is -2.45. The average Bonchev–Trinajstić information content (AvgIpc) is 2.73. The van der Waals surface area contributed by atoms with Crippen molar-refractivity contribution in [1.29, 1.82) is 0 Å². The normalized spacial score (nSPS) is 18.5. The van der Waals surface area contributed by atoms with Crippen molar-refractivity contribution >= 4 is 11.9 Å². The maximum atomic E-state index is 12.8. The summed E-state index contributed by atoms with van der Waals surface area (Å²) in [5, 5.41) is 13.5. The van der Waals surface area contributed by atoms with Crippen molar-refractivity contribution in [3.63, 3.8) is 0 Å². The number of phenols is 1. The van der Waals surface area contributed by atoms with E-state index >= 15 is 0 Å². The Bertz CT molecular complexity index is 985. The van der Waals surface area contributed by atoms with Gasteiger partial charge in [-0.05, 0) is 38.3 Å². The first-order chi connectivity index (χ1) is 14.0. The van der Waals surface area contributed by atoms with Gasteiger partial charge in [0.2, 0.25) is 17.7 Å². The number of nitrogens with zero attached hydrogens (tertiary/aromatic N) is 4. The van der Waals surface area contributed by atoms with Crippen LogP contribution in [0.25, 0.3) is 0 Å². The summed E-state index contributed by atoms with van der Waals surface area (Å²) in [6, 6.07) is 4.82. The molecule has 1 fully saturated rings. The number of aliphatic imine (C=N–C) groups is 1. The number of fused-ring (bicyclic) bond motifs is 1. The van der Waals surface area contributed by atoms with Crippen molar-refractivity contribution in [3.8, 4) is 17.2 Å². The summed E-state index contributed by atoms with van der Waals surface area (Å²) in [5.74, 6) is 1.55. The predicted octanol–water partition coefficient (Wildman–Crippen LogP) is 2.09. The molecule has 154 valence electrons. The van der Waals surface area contributed by atoms with Crippen LogP contribution in [0.3, 0.4) is 0 Å². The van der Waals surface area contributed by atoms with Crippen molar-refractivity contribution < 1.29 is 14.6 Å². The smallest absolute Gasteiger partial charge is 0.257 e. The summed E-state index contributed by atoms with van der Waals surface area (Å²) in [5.41, 5.74) is 1.08. The number of hydrogen-bond acceptors (Lipinski definition) is 8. The van der Waals surface area contributed by atoms with Crippen LogP contribution in [0.2, 0.25) is 0 Å². The van der Waals surface area contributed by atoms with Crippen LogP contribution in [0, 0.1) is 6.92 Å². The SMILES string of the molecule is COc1cc(C2N=C(N3CCCCC3)Nc3nc(C)cc(=O)n32)cc(OC)c1O. The van der Waals surface area contributed by atoms with E-state index in [9.17, 15) is 9.90 Å². The molecule has 2 aliphatic rings. The third-order valence-corrected chi connectivity index (χ3v) is 5.25. The van der Waals surface area contributed by atoms with E-state index < -0.39 is 6.17 Å². The lowest BCUT2D eigenvalue weighted by molar-refractivity contribution is 0.333. The van der Waals surface area contributed by atoms with Crippen LogP contribution in [0.5, 0.6) is 17.2 Å². The topological polar surface area (TPSA) is 101 Å². The van der Waals surface area contributed by atoms with E-state index in [1.807, 2.05) is 0 Å². The van der Waals surface area contributed by atoms with Gasteiger partial charge in [0.25, 0.3) is 5.56 Å². The van der Waals surface area contributed by atoms with Crippen molar-refractivity contribution in [1.82, 2.24) is 14.5 Å². The van der Waals surface area contributed by atoms with Gasteiger partial charge in [-0.2, -0.15) is 0 Å². The quantitative estimate of drug-likeness (QED) is 0.815. The van der Waals surface area contributed by atoms with Crippen molar-refractivity contribution in [2.45, 2.75) is 32.4 Å². The molecule has 9 nitrogen and oxygen atoms in total. The first-order valence-electron chi connectivity index (χ1n) is 9.66. The second-order valence-electron chi connectivity index (χ2n) is 7.20. The monoisotopic (exact) mass is 399 g/mol.